The maximum absolute atomic E-state index is 13.2. The van der Waals surface area contributed by atoms with E-state index >= 15 is 0 Å². The first-order chi connectivity index (χ1) is 13.3. The first kappa shape index (κ1) is 19.6. The number of aromatic nitrogens is 3. The van der Waals surface area contributed by atoms with Crippen LogP contribution in [0.3, 0.4) is 0 Å². The summed E-state index contributed by atoms with van der Waals surface area (Å²) in [5, 5.41) is 7.24. The number of aryl methyl sites for hydroxylation is 3. The number of nitrogens with one attached hydrogen (secondary N) is 1. The van der Waals surface area contributed by atoms with E-state index in [0.717, 1.165) is 33.9 Å². The van der Waals surface area contributed by atoms with Crippen molar-refractivity contribution in [2.75, 3.05) is 14.2 Å². The van der Waals surface area contributed by atoms with Gasteiger partial charge in [0.05, 0.1) is 18.8 Å². The van der Waals surface area contributed by atoms with Crippen LogP contribution in [0, 0.1) is 20.8 Å². The molecule has 6 heteroatoms. The van der Waals surface area contributed by atoms with Gasteiger partial charge in [0.25, 0.3) is 5.91 Å². The minimum atomic E-state index is -0.0958. The molecule has 2 heterocycles. The van der Waals surface area contributed by atoms with Crippen molar-refractivity contribution in [1.82, 2.24) is 20.1 Å². The fraction of sp³-hybridized carbons (Fsp3) is 0.318. The van der Waals surface area contributed by atoms with Crippen molar-refractivity contribution in [3.63, 3.8) is 0 Å². The van der Waals surface area contributed by atoms with E-state index < -0.39 is 0 Å². The van der Waals surface area contributed by atoms with Crippen LogP contribution in [0.5, 0.6) is 5.75 Å². The van der Waals surface area contributed by atoms with Gasteiger partial charge in [-0.2, -0.15) is 5.10 Å². The van der Waals surface area contributed by atoms with Crippen molar-refractivity contribution < 1.29 is 9.53 Å². The van der Waals surface area contributed by atoms with E-state index in [4.69, 9.17) is 4.74 Å². The SMILES string of the molecule is COc1ccc(C)nc1-c1cccc(C(=O)N(C)C(C)c2c(C)n[nH]c2C)c1. The Morgan fingerprint density at radius 2 is 1.93 bits per heavy atom. The molecule has 1 atom stereocenters. The molecule has 1 amide bonds. The maximum Gasteiger partial charge on any atom is 0.254 e. The number of ether oxygens (including phenoxy) is 1. The summed E-state index contributed by atoms with van der Waals surface area (Å²) in [6.07, 6.45) is 0. The summed E-state index contributed by atoms with van der Waals surface area (Å²) in [6.45, 7) is 7.87. The van der Waals surface area contributed by atoms with Gasteiger partial charge in [0, 0.05) is 35.1 Å². The molecular formula is C22H26N4O2. The number of amides is 1. The highest BCUT2D eigenvalue weighted by atomic mass is 16.5. The van der Waals surface area contributed by atoms with Crippen LogP contribution in [-0.2, 0) is 0 Å². The number of hydrogen-bond donors (Lipinski definition) is 1. The number of benzene rings is 1. The topological polar surface area (TPSA) is 71.1 Å². The number of hydrogen-bond acceptors (Lipinski definition) is 4. The highest BCUT2D eigenvalue weighted by molar-refractivity contribution is 5.95. The summed E-state index contributed by atoms with van der Waals surface area (Å²) in [6, 6.07) is 11.2. The molecule has 6 nitrogen and oxygen atoms in total. The van der Waals surface area contributed by atoms with Crippen LogP contribution in [0.15, 0.2) is 36.4 Å². The highest BCUT2D eigenvalue weighted by Gasteiger charge is 2.23. The number of carbonyl (C=O) groups excluding carboxylic acids is 1. The monoisotopic (exact) mass is 378 g/mol. The number of aromatic amines is 1. The molecular weight excluding hydrogens is 352 g/mol. The van der Waals surface area contributed by atoms with Crippen molar-refractivity contribution in [3.8, 4) is 17.0 Å². The lowest BCUT2D eigenvalue weighted by atomic mass is 10.0. The van der Waals surface area contributed by atoms with Gasteiger partial charge in [-0.15, -0.1) is 0 Å². The summed E-state index contributed by atoms with van der Waals surface area (Å²) in [5.41, 5.74) is 6.02. The van der Waals surface area contributed by atoms with Crippen molar-refractivity contribution in [1.29, 1.82) is 0 Å². The molecule has 1 unspecified atom stereocenters. The molecule has 0 saturated heterocycles. The van der Waals surface area contributed by atoms with Gasteiger partial charge in [-0.05, 0) is 52.0 Å². The van der Waals surface area contributed by atoms with Crippen LogP contribution in [0.2, 0.25) is 0 Å². The van der Waals surface area contributed by atoms with E-state index in [1.54, 1.807) is 12.0 Å². The van der Waals surface area contributed by atoms with Crippen LogP contribution in [0.1, 0.15) is 46.0 Å². The van der Waals surface area contributed by atoms with E-state index in [0.29, 0.717) is 11.3 Å². The van der Waals surface area contributed by atoms with Gasteiger partial charge in [-0.1, -0.05) is 12.1 Å². The smallest absolute Gasteiger partial charge is 0.254 e. The fourth-order valence-corrected chi connectivity index (χ4v) is 3.46. The zero-order valence-corrected chi connectivity index (χ0v) is 17.2. The van der Waals surface area contributed by atoms with Crippen molar-refractivity contribution in [3.05, 3.63) is 64.6 Å². The lowest BCUT2D eigenvalue weighted by molar-refractivity contribution is 0.0742. The molecule has 1 aromatic carbocycles. The molecule has 146 valence electrons. The first-order valence-corrected chi connectivity index (χ1v) is 9.24. The zero-order valence-electron chi connectivity index (χ0n) is 17.2. The molecule has 3 rings (SSSR count). The second kappa shape index (κ2) is 7.84. The number of nitrogens with zero attached hydrogens (tertiary/aromatic N) is 3. The second-order valence-corrected chi connectivity index (χ2v) is 7.02. The van der Waals surface area contributed by atoms with Gasteiger partial charge in [0.15, 0.2) is 0 Å². The molecule has 0 radical (unpaired) electrons. The number of H-pyrrole nitrogens is 1. The van der Waals surface area contributed by atoms with Crippen molar-refractivity contribution in [2.24, 2.45) is 0 Å². The lowest BCUT2D eigenvalue weighted by Crippen LogP contribution is -2.30. The Bertz CT molecular complexity index is 990. The van der Waals surface area contributed by atoms with Gasteiger partial charge in [-0.25, -0.2) is 4.98 Å². The third-order valence-corrected chi connectivity index (χ3v) is 5.10. The van der Waals surface area contributed by atoms with Crippen LogP contribution in [0.4, 0.5) is 0 Å². The number of rotatable bonds is 5. The Kier molecular flexibility index (Phi) is 5.49. The summed E-state index contributed by atoms with van der Waals surface area (Å²) in [7, 11) is 3.44. The van der Waals surface area contributed by atoms with Crippen LogP contribution < -0.4 is 4.74 Å². The molecule has 1 N–H and O–H groups in total. The molecule has 0 saturated carbocycles. The molecule has 0 aliphatic rings. The zero-order chi connectivity index (χ0) is 20.4. The Labute approximate surface area is 165 Å². The quantitative estimate of drug-likeness (QED) is 0.721. The summed E-state index contributed by atoms with van der Waals surface area (Å²) >= 11 is 0. The normalized spacial score (nSPS) is 11.9. The minimum Gasteiger partial charge on any atom is -0.494 e. The Balaban J connectivity index is 1.94. The maximum atomic E-state index is 13.2. The Hall–Kier alpha value is -3.15. The number of pyridine rings is 1. The van der Waals surface area contributed by atoms with Crippen molar-refractivity contribution in [2.45, 2.75) is 33.7 Å². The molecule has 0 fully saturated rings. The average molecular weight is 378 g/mol. The summed E-state index contributed by atoms with van der Waals surface area (Å²) in [4.78, 5) is 19.5. The first-order valence-electron chi connectivity index (χ1n) is 9.24. The minimum absolute atomic E-state index is 0.0547. The number of methoxy groups -OCH3 is 1. The summed E-state index contributed by atoms with van der Waals surface area (Å²) in [5.74, 6) is 0.627. The molecule has 0 spiro atoms. The van der Waals surface area contributed by atoms with Gasteiger partial charge in [0.2, 0.25) is 0 Å². The standard InChI is InChI=1S/C22H26N4O2/c1-13-10-11-19(28-6)21(23-13)17-8-7-9-18(12-17)22(27)26(5)16(4)20-14(2)24-25-15(20)3/h7-12,16H,1-6H3,(H,24,25). The third-order valence-electron chi connectivity index (χ3n) is 5.10. The van der Waals surface area contributed by atoms with E-state index in [-0.39, 0.29) is 11.9 Å². The number of carbonyl (C=O) groups is 1. The van der Waals surface area contributed by atoms with E-state index in [2.05, 4.69) is 15.2 Å². The lowest BCUT2D eigenvalue weighted by Gasteiger charge is -2.26. The highest BCUT2D eigenvalue weighted by Crippen LogP contribution is 2.30. The molecule has 2 aromatic heterocycles. The van der Waals surface area contributed by atoms with Crippen LogP contribution in [-0.4, -0.2) is 40.1 Å². The van der Waals surface area contributed by atoms with Gasteiger partial charge < -0.3 is 9.64 Å². The Morgan fingerprint density at radius 1 is 1.18 bits per heavy atom. The van der Waals surface area contributed by atoms with E-state index in [9.17, 15) is 4.79 Å². The fourth-order valence-electron chi connectivity index (χ4n) is 3.46. The molecule has 0 aliphatic heterocycles. The third kappa shape index (κ3) is 3.63. The average Bonchev–Trinajstić information content (AvgIpc) is 3.04. The molecule has 0 aliphatic carbocycles. The van der Waals surface area contributed by atoms with Crippen LogP contribution in [0.25, 0.3) is 11.3 Å². The molecule has 3 aromatic rings. The van der Waals surface area contributed by atoms with Gasteiger partial charge in [-0.3, -0.25) is 9.89 Å². The van der Waals surface area contributed by atoms with Gasteiger partial charge in [0.1, 0.15) is 11.4 Å². The predicted octanol–water partition coefficient (Wildman–Crippen LogP) is 4.24. The van der Waals surface area contributed by atoms with Crippen LogP contribution >= 0.6 is 0 Å². The van der Waals surface area contributed by atoms with E-state index in [1.807, 2.05) is 71.1 Å². The molecule has 28 heavy (non-hydrogen) atoms. The second-order valence-electron chi connectivity index (χ2n) is 7.02. The largest absolute Gasteiger partial charge is 0.494 e. The van der Waals surface area contributed by atoms with Crippen molar-refractivity contribution >= 4 is 5.91 Å². The molecule has 0 bridgehead atoms. The summed E-state index contributed by atoms with van der Waals surface area (Å²) < 4.78 is 5.45. The van der Waals surface area contributed by atoms with Gasteiger partial charge >= 0.3 is 0 Å². The Morgan fingerprint density at radius 3 is 2.57 bits per heavy atom. The predicted molar refractivity (Wildman–Crippen MR) is 110 cm³/mol. The van der Waals surface area contributed by atoms with E-state index in [1.165, 1.54) is 0 Å².